The predicted molar refractivity (Wildman–Crippen MR) is 495 cm³/mol. The van der Waals surface area contributed by atoms with Crippen LogP contribution in [0.4, 0.5) is 0 Å². The van der Waals surface area contributed by atoms with E-state index in [2.05, 4.69) is 285 Å². The van der Waals surface area contributed by atoms with Crippen LogP contribution >= 0.6 is 0 Å². The number of ketones is 1. The highest BCUT2D eigenvalue weighted by Crippen LogP contribution is 2.45. The first-order chi connectivity index (χ1) is 53.7. The largest absolute Gasteiger partial charge is 0.497 e. The van der Waals surface area contributed by atoms with Crippen LogP contribution in [-0.2, 0) is 77.3 Å². The van der Waals surface area contributed by atoms with Crippen molar-refractivity contribution in [3.63, 3.8) is 0 Å². The van der Waals surface area contributed by atoms with Gasteiger partial charge in [0.05, 0.1) is 13.7 Å². The van der Waals surface area contributed by atoms with Crippen molar-refractivity contribution < 1.29 is 57.2 Å². The molecule has 0 aliphatic heterocycles. The molecule has 0 fully saturated rings. The monoisotopic (exact) mass is 1610 g/mol. The Morgan fingerprint density at radius 2 is 0.713 bits per heavy atom. The van der Waals surface area contributed by atoms with Gasteiger partial charge in [-0.25, -0.2) is 0 Å². The van der Waals surface area contributed by atoms with Gasteiger partial charge in [-0.1, -0.05) is 353 Å². The van der Waals surface area contributed by atoms with Gasteiger partial charge in [0.2, 0.25) is 0 Å². The van der Waals surface area contributed by atoms with E-state index in [-0.39, 0.29) is 52.6 Å². The van der Waals surface area contributed by atoms with Crippen molar-refractivity contribution in [3.05, 3.63) is 294 Å². The highest BCUT2D eigenvalue weighted by Gasteiger charge is 2.32. The SMILES string of the molecule is C=CCC.C=CCOC(C)=O.CC.CC(=O)OC(C)(C)C.CC(=O)OCC1c2ccccc2-c2ccccc21.CC(=O)OCC[Si](C)(C)C.CC(=O)OCc1ccccc1.CC(C)(C)C.CC(C)(C)[Si](C)(C)C.CC(C)=O.CC(c1ccccc1)(c1ccccc1)c1ccccc1.CCc1ccc(OC)cc1.CCc1ccccc1. The minimum absolute atomic E-state index is 0.121. The first-order valence-corrected chi connectivity index (χ1v) is 47.4. The molecular weight excluding hydrogens is 1460 g/mol. The fourth-order valence-corrected chi connectivity index (χ4v) is 9.61. The molecule has 0 radical (unpaired) electrons. The average Bonchev–Trinajstić information content (AvgIpc) is 1.40. The van der Waals surface area contributed by atoms with Gasteiger partial charge < -0.3 is 33.2 Å². The Morgan fingerprint density at radius 3 is 0.957 bits per heavy atom. The van der Waals surface area contributed by atoms with E-state index in [1.54, 1.807) is 7.11 Å². The van der Waals surface area contributed by atoms with Crippen LogP contribution in [0.1, 0.15) is 216 Å². The summed E-state index contributed by atoms with van der Waals surface area (Å²) >= 11 is 0. The lowest BCUT2D eigenvalue weighted by Crippen LogP contribution is -2.32. The number of benzene rings is 8. The molecule has 0 atom stereocenters. The van der Waals surface area contributed by atoms with Gasteiger partial charge in [-0.15, -0.1) is 6.58 Å². The molecule has 9 rings (SSSR count). The standard InChI is InChI=1S/C20H18.C16H14O2.C9H10O2.C9H12O.C8H10.C7H16O2Si.C7H18Si.C6H12O2.C5H8O2.C5H12.C4H8.C3H6O.C2H6/c1-20(17-11-5-2-6-12-17,18-13-7-3-8-14-18)19-15-9-4-10-16-19;1-11(17)18-10-16-14-8-4-2-6-12(14)13-7-3-5-9-15(13)16;1-8(10)11-7-9-5-3-2-4-6-9;1-3-8-4-6-9(10-2)7-5-8;1-2-8-6-4-3-5-7-8;1-7(8)9-5-6-10(2,3)4;1-7(2,3)8(4,5)6;1-5(7)8-6(2,3)4;1-3-4-7-5(2)6;1-5(2,3)4;1-3-4-2;1-3(2)4;1-2/h2-16H,1H3;2-9,16H,10H2,1H3;2-6H,7H2,1H3;4-7H,3H2,1-2H3;3-7H,2H2,1H3;5-6H2,1-4H3;1-6H3;1-4H3;3H,1,4H2,2H3;1-4H3;3H,1,4H2,2H3;1-2H3;1-2H3. The summed E-state index contributed by atoms with van der Waals surface area (Å²) in [5.74, 6) is 0.139. The van der Waals surface area contributed by atoms with Crippen LogP contribution < -0.4 is 4.74 Å². The minimum Gasteiger partial charge on any atom is -0.497 e. The maximum atomic E-state index is 11.0. The quantitative estimate of drug-likeness (QED) is 0.0297. The number of aryl methyl sites for hydroxylation is 2. The number of methoxy groups -OCH3 is 1. The second-order valence-electron chi connectivity index (χ2n) is 32.6. The molecule has 0 aromatic heterocycles. The van der Waals surface area contributed by atoms with E-state index in [9.17, 15) is 28.8 Å². The van der Waals surface area contributed by atoms with E-state index in [1.165, 1.54) is 105 Å². The topological polar surface area (TPSA) is 158 Å². The van der Waals surface area contributed by atoms with Gasteiger partial charge in [-0.3, -0.25) is 24.0 Å². The lowest BCUT2D eigenvalue weighted by Gasteiger charge is -2.32. The Kier molecular flexibility index (Phi) is 61.1. The van der Waals surface area contributed by atoms with Gasteiger partial charge in [0.1, 0.15) is 37.0 Å². The Balaban J connectivity index is -0.000000602. The number of rotatable bonds is 16. The lowest BCUT2D eigenvalue weighted by atomic mass is 9.71. The van der Waals surface area contributed by atoms with Crippen molar-refractivity contribution in [2.24, 2.45) is 5.41 Å². The van der Waals surface area contributed by atoms with Crippen molar-refractivity contribution in [2.45, 2.75) is 252 Å². The van der Waals surface area contributed by atoms with Gasteiger partial charge in [-0.2, -0.15) is 0 Å². The third-order valence-corrected chi connectivity index (χ3v) is 22.3. The molecule has 115 heavy (non-hydrogen) atoms. The predicted octanol–water partition coefficient (Wildman–Crippen LogP) is 27.0. The van der Waals surface area contributed by atoms with Gasteiger partial charge in [-0.05, 0) is 145 Å². The highest BCUT2D eigenvalue weighted by molar-refractivity contribution is 6.78. The van der Waals surface area contributed by atoms with E-state index in [0.717, 1.165) is 36.6 Å². The van der Waals surface area contributed by atoms with E-state index in [1.807, 2.05) is 113 Å². The maximum Gasteiger partial charge on any atom is 0.303 e. The lowest BCUT2D eigenvalue weighted by molar-refractivity contribution is -0.152. The molecule has 12 nitrogen and oxygen atoms in total. The molecule has 0 heterocycles. The number of allylic oxidation sites excluding steroid dienone is 1. The number of carbonyl (C=O) groups excluding carboxylic acids is 6. The Labute approximate surface area is 700 Å². The molecule has 8 aromatic carbocycles. The summed E-state index contributed by atoms with van der Waals surface area (Å²) < 4.78 is 29.0. The van der Waals surface area contributed by atoms with E-state index < -0.39 is 16.1 Å². The normalized spacial score (nSPS) is 10.5. The summed E-state index contributed by atoms with van der Waals surface area (Å²) in [5.41, 5.74) is 12.8. The molecule has 1 aliphatic carbocycles. The number of hydrogen-bond donors (Lipinski definition) is 0. The zero-order valence-corrected chi connectivity index (χ0v) is 78.6. The number of hydrogen-bond acceptors (Lipinski definition) is 12. The van der Waals surface area contributed by atoms with E-state index >= 15 is 0 Å². The summed E-state index contributed by atoms with van der Waals surface area (Å²) in [7, 11) is -0.179. The molecule has 0 N–H and O–H groups in total. The smallest absolute Gasteiger partial charge is 0.303 e. The summed E-state index contributed by atoms with van der Waals surface area (Å²) in [4.78, 5) is 61.3. The molecule has 0 saturated heterocycles. The maximum absolute atomic E-state index is 11.0. The van der Waals surface area contributed by atoms with Crippen molar-refractivity contribution in [1.29, 1.82) is 0 Å². The Morgan fingerprint density at radius 1 is 0.409 bits per heavy atom. The number of fused-ring (bicyclic) bond motifs is 3. The van der Waals surface area contributed by atoms with Crippen LogP contribution in [0.2, 0.25) is 50.4 Å². The van der Waals surface area contributed by atoms with Crippen molar-refractivity contribution in [1.82, 2.24) is 0 Å². The summed E-state index contributed by atoms with van der Waals surface area (Å²) in [6.07, 6.45) is 6.71. The van der Waals surface area contributed by atoms with Crippen molar-refractivity contribution in [2.75, 3.05) is 26.9 Å². The third kappa shape index (κ3) is 60.7. The minimum atomic E-state index is -1.00. The summed E-state index contributed by atoms with van der Waals surface area (Å²) in [6, 6.07) is 78.0. The molecule has 634 valence electrons. The molecule has 0 bridgehead atoms. The van der Waals surface area contributed by atoms with Gasteiger partial charge >= 0.3 is 29.8 Å². The van der Waals surface area contributed by atoms with Crippen LogP contribution in [0.15, 0.2) is 250 Å². The van der Waals surface area contributed by atoms with E-state index in [0.29, 0.717) is 36.9 Å². The molecule has 0 amide bonds. The molecule has 14 heteroatoms. The zero-order valence-electron chi connectivity index (χ0n) is 76.6. The Hall–Kier alpha value is -9.51. The van der Waals surface area contributed by atoms with Crippen LogP contribution in [0.25, 0.3) is 11.1 Å². The third-order valence-electron chi connectivity index (χ3n) is 16.1. The van der Waals surface area contributed by atoms with Crippen molar-refractivity contribution >= 4 is 51.8 Å². The van der Waals surface area contributed by atoms with Crippen LogP contribution in [0.3, 0.4) is 0 Å². The zero-order chi connectivity index (χ0) is 88.9. The average molecular weight is 1610 g/mol. The van der Waals surface area contributed by atoms with Crippen molar-refractivity contribution in [3.8, 4) is 16.9 Å². The molecule has 1 aliphatic rings. The van der Waals surface area contributed by atoms with Gasteiger partial charge in [0, 0.05) is 62.1 Å². The molecule has 0 spiro atoms. The molecule has 0 unspecified atom stereocenters. The van der Waals surface area contributed by atoms with Gasteiger partial charge in [0.15, 0.2) is 0 Å². The Bertz CT molecular complexity index is 3650. The summed E-state index contributed by atoms with van der Waals surface area (Å²) in [5, 5.41) is 0.576. The first kappa shape index (κ1) is 112. The second-order valence-corrected chi connectivity index (χ2v) is 44.2. The van der Waals surface area contributed by atoms with Gasteiger partial charge in [0.25, 0.3) is 0 Å². The fourth-order valence-electron chi connectivity index (χ4n) is 8.90. The van der Waals surface area contributed by atoms with E-state index in [4.69, 9.17) is 23.7 Å². The molecular formula is C101H150O12Si2. The van der Waals surface area contributed by atoms with Crippen LogP contribution in [-0.4, -0.2) is 84.3 Å². The molecule has 0 saturated carbocycles. The van der Waals surface area contributed by atoms with Crippen LogP contribution in [0.5, 0.6) is 5.75 Å². The number of Topliss-reactive ketones (excluding diaryl/α,β-unsaturated/α-hetero) is 1. The summed E-state index contributed by atoms with van der Waals surface area (Å²) in [6.45, 7) is 66.6. The number of ether oxygens (including phenoxy) is 6. The fraction of sp³-hybridized carbons (Fsp3) is 0.426. The number of esters is 5. The number of carbonyl (C=O) groups is 6. The second kappa shape index (κ2) is 62.8. The van der Waals surface area contributed by atoms with Crippen LogP contribution in [0, 0.1) is 5.41 Å². The molecule has 8 aromatic rings. The first-order valence-electron chi connectivity index (χ1n) is 40.2. The highest BCUT2D eigenvalue weighted by atomic mass is 28.3.